The molecule has 0 bridgehead atoms. The van der Waals surface area contributed by atoms with E-state index in [-0.39, 0.29) is 0 Å². The smallest absolute Gasteiger partial charge is 0.130 e. The molecule has 0 rings (SSSR count). The van der Waals surface area contributed by atoms with Gasteiger partial charge in [-0.1, -0.05) is 26.1 Å². The minimum absolute atomic E-state index is 0.592. The Hall–Kier alpha value is 0.200. The van der Waals surface area contributed by atoms with Gasteiger partial charge in [0.2, 0.25) is 0 Å². The zero-order valence-corrected chi connectivity index (χ0v) is 9.55. The lowest BCUT2D eigenvalue weighted by Crippen LogP contribution is -2.27. The van der Waals surface area contributed by atoms with Crippen LogP contribution in [0.4, 0.5) is 0 Å². The Balaban J connectivity index is 3.23. The molecule has 0 aliphatic heterocycles. The van der Waals surface area contributed by atoms with Gasteiger partial charge in [0, 0.05) is 6.54 Å². The number of nitrogens with zero attached hydrogens (tertiary/aromatic N) is 1. The molecule has 0 radical (unpaired) electrons. The van der Waals surface area contributed by atoms with Crippen LogP contribution in [0.3, 0.4) is 0 Å². The number of thiol groups is 1. The van der Waals surface area contributed by atoms with Crippen molar-refractivity contribution in [2.24, 2.45) is 0 Å². The van der Waals surface area contributed by atoms with Gasteiger partial charge in [-0.2, -0.15) is 0 Å². The minimum Gasteiger partial charge on any atom is -0.371 e. The largest absolute Gasteiger partial charge is 0.371 e. The molecule has 0 aromatic heterocycles. The second-order valence-corrected chi connectivity index (χ2v) is 3.77. The fraction of sp³-hybridized carbons (Fsp3) is 0.875. The van der Waals surface area contributed by atoms with Crippen LogP contribution in [0.2, 0.25) is 0 Å². The van der Waals surface area contributed by atoms with Gasteiger partial charge in [-0.05, 0) is 26.1 Å². The molecule has 0 saturated heterocycles. The standard InChI is InChI=1S/C8H18N2S2/c1-3-10(4-2)7-5-6-9-8(11)12/h3-7H2,1-2H3,(H2,9,11,12). The van der Waals surface area contributed by atoms with E-state index in [0.29, 0.717) is 4.32 Å². The third-order valence-electron chi connectivity index (χ3n) is 1.82. The van der Waals surface area contributed by atoms with Crippen molar-refractivity contribution in [2.75, 3.05) is 26.2 Å². The molecule has 0 aromatic rings. The highest BCUT2D eigenvalue weighted by molar-refractivity contribution is 8.11. The van der Waals surface area contributed by atoms with Crippen LogP contribution in [0.5, 0.6) is 0 Å². The van der Waals surface area contributed by atoms with Gasteiger partial charge in [0.1, 0.15) is 4.32 Å². The van der Waals surface area contributed by atoms with Crippen molar-refractivity contribution in [2.45, 2.75) is 20.3 Å². The van der Waals surface area contributed by atoms with Crippen LogP contribution in [-0.4, -0.2) is 35.4 Å². The molecule has 0 aliphatic carbocycles. The van der Waals surface area contributed by atoms with E-state index in [1.54, 1.807) is 0 Å². The maximum atomic E-state index is 4.77. The Labute approximate surface area is 86.1 Å². The Kier molecular flexibility index (Phi) is 7.96. The maximum absolute atomic E-state index is 4.77. The second-order valence-electron chi connectivity index (χ2n) is 2.61. The van der Waals surface area contributed by atoms with Gasteiger partial charge in [0.25, 0.3) is 0 Å². The first-order chi connectivity index (χ1) is 5.70. The second kappa shape index (κ2) is 7.83. The predicted octanol–water partition coefficient (Wildman–Crippen LogP) is 1.52. The fourth-order valence-corrected chi connectivity index (χ4v) is 1.25. The first-order valence-electron chi connectivity index (χ1n) is 4.39. The maximum Gasteiger partial charge on any atom is 0.130 e. The van der Waals surface area contributed by atoms with Crippen molar-refractivity contribution in [3.63, 3.8) is 0 Å². The van der Waals surface area contributed by atoms with Gasteiger partial charge < -0.3 is 10.2 Å². The molecule has 0 amide bonds. The topological polar surface area (TPSA) is 15.3 Å². The van der Waals surface area contributed by atoms with Crippen LogP contribution >= 0.6 is 24.8 Å². The van der Waals surface area contributed by atoms with Crippen molar-refractivity contribution in [1.29, 1.82) is 0 Å². The minimum atomic E-state index is 0.592. The first kappa shape index (κ1) is 12.2. The lowest BCUT2D eigenvalue weighted by molar-refractivity contribution is 0.300. The van der Waals surface area contributed by atoms with Crippen molar-refractivity contribution >= 4 is 29.2 Å². The molecule has 0 aromatic carbocycles. The number of hydrogen-bond donors (Lipinski definition) is 2. The van der Waals surface area contributed by atoms with Crippen molar-refractivity contribution in [1.82, 2.24) is 10.2 Å². The molecule has 0 atom stereocenters. The van der Waals surface area contributed by atoms with Gasteiger partial charge >= 0.3 is 0 Å². The lowest BCUT2D eigenvalue weighted by atomic mass is 10.3. The molecular weight excluding hydrogens is 188 g/mol. The van der Waals surface area contributed by atoms with E-state index in [9.17, 15) is 0 Å². The molecule has 0 aliphatic rings. The summed E-state index contributed by atoms with van der Waals surface area (Å²) in [4.78, 5) is 2.39. The molecule has 0 spiro atoms. The van der Waals surface area contributed by atoms with E-state index >= 15 is 0 Å². The zero-order chi connectivity index (χ0) is 9.40. The van der Waals surface area contributed by atoms with Gasteiger partial charge in [0.15, 0.2) is 0 Å². The van der Waals surface area contributed by atoms with Crippen molar-refractivity contribution in [3.8, 4) is 0 Å². The summed E-state index contributed by atoms with van der Waals surface area (Å²) in [6.45, 7) is 8.68. The molecule has 2 nitrogen and oxygen atoms in total. The lowest BCUT2D eigenvalue weighted by Gasteiger charge is -2.17. The number of rotatable bonds is 6. The highest BCUT2D eigenvalue weighted by Crippen LogP contribution is 1.89. The molecule has 0 saturated carbocycles. The summed E-state index contributed by atoms with van der Waals surface area (Å²) in [6, 6.07) is 0. The van der Waals surface area contributed by atoms with Gasteiger partial charge in [-0.3, -0.25) is 0 Å². The highest BCUT2D eigenvalue weighted by Gasteiger charge is 1.97. The fourth-order valence-electron chi connectivity index (χ4n) is 1.04. The number of hydrogen-bond acceptors (Lipinski definition) is 2. The summed E-state index contributed by atoms with van der Waals surface area (Å²) < 4.78 is 0.592. The summed E-state index contributed by atoms with van der Waals surface area (Å²) in [5, 5.41) is 3.02. The zero-order valence-electron chi connectivity index (χ0n) is 7.84. The normalized spacial score (nSPS) is 10.3. The summed E-state index contributed by atoms with van der Waals surface area (Å²) in [7, 11) is 0. The highest BCUT2D eigenvalue weighted by atomic mass is 32.1. The monoisotopic (exact) mass is 206 g/mol. The number of thiocarbonyl (C=S) groups is 1. The van der Waals surface area contributed by atoms with E-state index in [0.717, 1.165) is 32.6 Å². The average molecular weight is 206 g/mol. The van der Waals surface area contributed by atoms with E-state index < -0.39 is 0 Å². The molecule has 4 heteroatoms. The van der Waals surface area contributed by atoms with Crippen molar-refractivity contribution < 1.29 is 0 Å². The Morgan fingerprint density at radius 2 is 2.00 bits per heavy atom. The molecule has 0 heterocycles. The van der Waals surface area contributed by atoms with Gasteiger partial charge in [-0.15, -0.1) is 12.6 Å². The molecular formula is C8H18N2S2. The van der Waals surface area contributed by atoms with E-state index in [2.05, 4.69) is 36.7 Å². The van der Waals surface area contributed by atoms with Crippen LogP contribution in [0.1, 0.15) is 20.3 Å². The Morgan fingerprint density at radius 3 is 2.42 bits per heavy atom. The van der Waals surface area contributed by atoms with Crippen LogP contribution in [0.15, 0.2) is 0 Å². The molecule has 12 heavy (non-hydrogen) atoms. The van der Waals surface area contributed by atoms with E-state index in [1.165, 1.54) is 0 Å². The molecule has 1 N–H and O–H groups in total. The SMILES string of the molecule is CCN(CC)CCCNC(=S)S. The van der Waals surface area contributed by atoms with Crippen LogP contribution in [0, 0.1) is 0 Å². The average Bonchev–Trinajstić information content (AvgIpc) is 2.04. The summed E-state index contributed by atoms with van der Waals surface area (Å²) >= 11 is 8.75. The Bertz CT molecular complexity index is 124. The Morgan fingerprint density at radius 1 is 1.42 bits per heavy atom. The van der Waals surface area contributed by atoms with E-state index in [1.807, 2.05) is 0 Å². The summed E-state index contributed by atoms with van der Waals surface area (Å²) in [5.41, 5.74) is 0. The van der Waals surface area contributed by atoms with Crippen molar-refractivity contribution in [3.05, 3.63) is 0 Å². The van der Waals surface area contributed by atoms with Crippen LogP contribution in [-0.2, 0) is 0 Å². The molecule has 72 valence electrons. The molecule has 0 fully saturated rings. The third-order valence-corrected chi connectivity index (χ3v) is 2.12. The molecule has 0 unspecified atom stereocenters. The van der Waals surface area contributed by atoms with Crippen LogP contribution < -0.4 is 5.32 Å². The van der Waals surface area contributed by atoms with Gasteiger partial charge in [0.05, 0.1) is 0 Å². The third kappa shape index (κ3) is 6.88. The first-order valence-corrected chi connectivity index (χ1v) is 5.25. The van der Waals surface area contributed by atoms with E-state index in [4.69, 9.17) is 12.2 Å². The van der Waals surface area contributed by atoms with Crippen LogP contribution in [0.25, 0.3) is 0 Å². The summed E-state index contributed by atoms with van der Waals surface area (Å²) in [6.07, 6.45) is 1.13. The quantitative estimate of drug-likeness (QED) is 0.389. The number of nitrogens with one attached hydrogen (secondary N) is 1. The van der Waals surface area contributed by atoms with Gasteiger partial charge in [-0.25, -0.2) is 0 Å². The summed E-state index contributed by atoms with van der Waals surface area (Å²) in [5.74, 6) is 0. The predicted molar refractivity (Wildman–Crippen MR) is 62.0 cm³/mol.